The molecule has 0 aliphatic rings. The highest BCUT2D eigenvalue weighted by atomic mass is 35.5. The van der Waals surface area contributed by atoms with Gasteiger partial charge in [-0.2, -0.15) is 4.72 Å². The summed E-state index contributed by atoms with van der Waals surface area (Å²) in [4.78, 5) is 11.9. The van der Waals surface area contributed by atoms with Crippen molar-refractivity contribution in [2.75, 3.05) is 12.6 Å². The molecule has 8 heteroatoms. The van der Waals surface area contributed by atoms with Gasteiger partial charge in [-0.05, 0) is 38.4 Å². The first-order chi connectivity index (χ1) is 10.4. The third-order valence-electron chi connectivity index (χ3n) is 3.06. The Morgan fingerprint density at radius 1 is 1.32 bits per heavy atom. The molecular formula is C14H21ClN2O4S. The van der Waals surface area contributed by atoms with E-state index < -0.39 is 22.0 Å². The Morgan fingerprint density at radius 3 is 2.50 bits per heavy atom. The lowest BCUT2D eigenvalue weighted by Crippen LogP contribution is -2.41. The summed E-state index contributed by atoms with van der Waals surface area (Å²) < 4.78 is 31.7. The van der Waals surface area contributed by atoms with Crippen LogP contribution in [0.3, 0.4) is 0 Å². The van der Waals surface area contributed by atoms with Crippen molar-refractivity contribution in [3.05, 3.63) is 29.8 Å². The van der Waals surface area contributed by atoms with E-state index in [4.69, 9.17) is 22.1 Å². The fraction of sp³-hybridized carbons (Fsp3) is 0.500. The fourth-order valence-corrected chi connectivity index (χ4v) is 3.17. The van der Waals surface area contributed by atoms with Crippen molar-refractivity contribution in [3.63, 3.8) is 0 Å². The number of hydrogen-bond donors (Lipinski definition) is 2. The number of hydrogen-bond acceptors (Lipinski definition) is 5. The SMILES string of the molecule is Cc1ccc(S(=O)(=O)N[C@@H](CCCCN)C(=O)OCCl)cc1. The van der Waals surface area contributed by atoms with E-state index in [-0.39, 0.29) is 11.0 Å². The average Bonchev–Trinajstić information content (AvgIpc) is 2.47. The Bertz CT molecular complexity index is 575. The minimum atomic E-state index is -3.80. The number of nitrogens with one attached hydrogen (secondary N) is 1. The molecule has 22 heavy (non-hydrogen) atoms. The van der Waals surface area contributed by atoms with Crippen molar-refractivity contribution in [2.45, 2.75) is 37.1 Å². The lowest BCUT2D eigenvalue weighted by molar-refractivity contribution is -0.143. The van der Waals surface area contributed by atoms with E-state index >= 15 is 0 Å². The number of aryl methyl sites for hydroxylation is 1. The zero-order valence-electron chi connectivity index (χ0n) is 12.4. The molecular weight excluding hydrogens is 328 g/mol. The number of rotatable bonds is 9. The van der Waals surface area contributed by atoms with Crippen LogP contribution in [0.2, 0.25) is 0 Å². The number of nitrogens with two attached hydrogens (primary N) is 1. The molecule has 1 aromatic carbocycles. The van der Waals surface area contributed by atoms with Gasteiger partial charge in [0.2, 0.25) is 10.0 Å². The quantitative estimate of drug-likeness (QED) is 0.400. The van der Waals surface area contributed by atoms with Crippen LogP contribution in [-0.2, 0) is 19.6 Å². The number of unbranched alkanes of at least 4 members (excludes halogenated alkanes) is 1. The summed E-state index contributed by atoms with van der Waals surface area (Å²) in [5, 5.41) is 0. The number of carbonyl (C=O) groups excluding carboxylic acids is 1. The van der Waals surface area contributed by atoms with Crippen molar-refractivity contribution >= 4 is 27.6 Å². The van der Waals surface area contributed by atoms with Crippen molar-refractivity contribution < 1.29 is 17.9 Å². The van der Waals surface area contributed by atoms with E-state index in [0.29, 0.717) is 25.8 Å². The molecule has 1 rings (SSSR count). The first-order valence-electron chi connectivity index (χ1n) is 6.92. The minimum absolute atomic E-state index is 0.0978. The molecule has 0 fully saturated rings. The van der Waals surface area contributed by atoms with Gasteiger partial charge in [-0.1, -0.05) is 35.7 Å². The largest absolute Gasteiger partial charge is 0.448 e. The van der Waals surface area contributed by atoms with E-state index in [1.165, 1.54) is 12.1 Å². The maximum Gasteiger partial charge on any atom is 0.325 e. The fourth-order valence-electron chi connectivity index (χ4n) is 1.84. The van der Waals surface area contributed by atoms with Gasteiger partial charge in [0.15, 0.2) is 6.07 Å². The number of halogens is 1. The minimum Gasteiger partial charge on any atom is -0.448 e. The third kappa shape index (κ3) is 5.92. The second-order valence-electron chi connectivity index (χ2n) is 4.84. The number of alkyl halides is 1. The summed E-state index contributed by atoms with van der Waals surface area (Å²) in [5.41, 5.74) is 6.35. The zero-order valence-corrected chi connectivity index (χ0v) is 14.0. The molecule has 3 N–H and O–H groups in total. The Kier molecular flexibility index (Phi) is 7.81. The summed E-state index contributed by atoms with van der Waals surface area (Å²) in [6, 6.07) is 5.06. The predicted octanol–water partition coefficient (Wildman–Crippen LogP) is 1.51. The second-order valence-corrected chi connectivity index (χ2v) is 6.78. The Hall–Kier alpha value is -1.15. The van der Waals surface area contributed by atoms with E-state index in [2.05, 4.69) is 4.72 Å². The second kappa shape index (κ2) is 9.09. The van der Waals surface area contributed by atoms with E-state index in [0.717, 1.165) is 5.56 Å². The first kappa shape index (κ1) is 18.9. The number of sulfonamides is 1. The third-order valence-corrected chi connectivity index (χ3v) is 4.65. The number of ether oxygens (including phenoxy) is 1. The molecule has 1 aromatic rings. The maximum absolute atomic E-state index is 12.3. The number of esters is 1. The molecule has 0 aromatic heterocycles. The summed E-state index contributed by atoms with van der Waals surface area (Å²) >= 11 is 5.37. The van der Waals surface area contributed by atoms with Crippen LogP contribution in [0.4, 0.5) is 0 Å². The van der Waals surface area contributed by atoms with Gasteiger partial charge in [0.1, 0.15) is 6.04 Å². The highest BCUT2D eigenvalue weighted by Gasteiger charge is 2.26. The monoisotopic (exact) mass is 348 g/mol. The van der Waals surface area contributed by atoms with Gasteiger partial charge in [0.05, 0.1) is 4.90 Å². The smallest absolute Gasteiger partial charge is 0.325 e. The standard InChI is InChI=1S/C14H21ClN2O4S/c1-11-5-7-12(8-6-11)22(19,20)17-13(4-2-3-9-16)14(18)21-10-15/h5-8,13,17H,2-4,9-10,16H2,1H3/t13-/m0/s1. The molecule has 1 atom stereocenters. The van der Waals surface area contributed by atoms with Gasteiger partial charge in [-0.25, -0.2) is 8.42 Å². The molecule has 0 saturated heterocycles. The summed E-state index contributed by atoms with van der Waals surface area (Å²) in [5.74, 6) is -0.692. The van der Waals surface area contributed by atoms with Crippen LogP contribution in [0, 0.1) is 6.92 Å². The normalized spacial score (nSPS) is 12.9. The Labute approximate surface area is 136 Å². The topological polar surface area (TPSA) is 98.5 Å². The molecule has 0 aliphatic heterocycles. The molecule has 0 amide bonds. The van der Waals surface area contributed by atoms with Gasteiger partial charge < -0.3 is 10.5 Å². The number of benzene rings is 1. The molecule has 6 nitrogen and oxygen atoms in total. The van der Waals surface area contributed by atoms with Crippen molar-refractivity contribution in [1.29, 1.82) is 0 Å². The summed E-state index contributed by atoms with van der Waals surface area (Å²) in [6.45, 7) is 2.33. The zero-order chi connectivity index (χ0) is 16.6. The lowest BCUT2D eigenvalue weighted by Gasteiger charge is -2.17. The highest BCUT2D eigenvalue weighted by Crippen LogP contribution is 2.13. The Balaban J connectivity index is 2.86. The first-order valence-corrected chi connectivity index (χ1v) is 8.94. The molecule has 0 saturated carbocycles. The van der Waals surface area contributed by atoms with Crippen LogP contribution >= 0.6 is 11.6 Å². The van der Waals surface area contributed by atoms with Gasteiger partial charge >= 0.3 is 5.97 Å². The van der Waals surface area contributed by atoms with Crippen LogP contribution in [-0.4, -0.2) is 33.0 Å². The van der Waals surface area contributed by atoms with Crippen LogP contribution in [0.15, 0.2) is 29.2 Å². The number of carbonyl (C=O) groups is 1. The van der Waals surface area contributed by atoms with Gasteiger partial charge in [-0.15, -0.1) is 0 Å². The molecule has 0 radical (unpaired) electrons. The van der Waals surface area contributed by atoms with Crippen LogP contribution < -0.4 is 10.5 Å². The molecule has 0 spiro atoms. The molecule has 0 heterocycles. The van der Waals surface area contributed by atoms with Crippen LogP contribution in [0.25, 0.3) is 0 Å². The van der Waals surface area contributed by atoms with Crippen molar-refractivity contribution in [1.82, 2.24) is 4.72 Å². The summed E-state index contributed by atoms with van der Waals surface area (Å²) in [6.07, 6.45) is 1.60. The molecule has 0 bridgehead atoms. The maximum atomic E-state index is 12.3. The molecule has 0 unspecified atom stereocenters. The average molecular weight is 349 g/mol. The predicted molar refractivity (Wildman–Crippen MR) is 85.0 cm³/mol. The van der Waals surface area contributed by atoms with E-state index in [9.17, 15) is 13.2 Å². The molecule has 0 aliphatic carbocycles. The van der Waals surface area contributed by atoms with Crippen LogP contribution in [0.5, 0.6) is 0 Å². The van der Waals surface area contributed by atoms with E-state index in [1.54, 1.807) is 12.1 Å². The molecule has 124 valence electrons. The van der Waals surface area contributed by atoms with Crippen LogP contribution in [0.1, 0.15) is 24.8 Å². The lowest BCUT2D eigenvalue weighted by atomic mass is 10.1. The van der Waals surface area contributed by atoms with Gasteiger partial charge in [0.25, 0.3) is 0 Å². The van der Waals surface area contributed by atoms with Gasteiger partial charge in [-0.3, -0.25) is 4.79 Å². The summed E-state index contributed by atoms with van der Waals surface area (Å²) in [7, 11) is -3.80. The highest BCUT2D eigenvalue weighted by molar-refractivity contribution is 7.89. The van der Waals surface area contributed by atoms with Crippen molar-refractivity contribution in [3.8, 4) is 0 Å². The van der Waals surface area contributed by atoms with Gasteiger partial charge in [0, 0.05) is 0 Å². The van der Waals surface area contributed by atoms with E-state index in [1.807, 2.05) is 6.92 Å². The Morgan fingerprint density at radius 2 is 1.95 bits per heavy atom. The van der Waals surface area contributed by atoms with Crippen molar-refractivity contribution in [2.24, 2.45) is 5.73 Å².